The summed E-state index contributed by atoms with van der Waals surface area (Å²) in [6.07, 6.45) is 3.21. The third kappa shape index (κ3) is 2.11. The summed E-state index contributed by atoms with van der Waals surface area (Å²) >= 11 is 0. The lowest BCUT2D eigenvalue weighted by Crippen LogP contribution is -2.46. The zero-order chi connectivity index (χ0) is 11.4. The first kappa shape index (κ1) is 10.8. The van der Waals surface area contributed by atoms with Crippen LogP contribution in [-0.2, 0) is 6.54 Å². The molecule has 0 bridgehead atoms. The molecule has 2 heterocycles. The zero-order valence-electron chi connectivity index (χ0n) is 9.09. The topological polar surface area (TPSA) is 63.1 Å². The van der Waals surface area contributed by atoms with Crippen LogP contribution in [0.1, 0.15) is 10.5 Å². The van der Waals surface area contributed by atoms with Gasteiger partial charge >= 0.3 is 0 Å². The van der Waals surface area contributed by atoms with E-state index in [0.717, 1.165) is 26.2 Å². The first-order chi connectivity index (χ1) is 7.83. The van der Waals surface area contributed by atoms with Gasteiger partial charge < -0.3 is 10.2 Å². The van der Waals surface area contributed by atoms with Gasteiger partial charge in [-0.2, -0.15) is 0 Å². The van der Waals surface area contributed by atoms with Crippen LogP contribution < -0.4 is 5.32 Å². The highest BCUT2D eigenvalue weighted by atomic mass is 16.2. The number of hydrogen-bond acceptors (Lipinski definition) is 4. The molecule has 6 heteroatoms. The van der Waals surface area contributed by atoms with Crippen LogP contribution in [0, 0.1) is 0 Å². The van der Waals surface area contributed by atoms with E-state index in [1.54, 1.807) is 10.8 Å². The highest BCUT2D eigenvalue weighted by Crippen LogP contribution is 2.04. The summed E-state index contributed by atoms with van der Waals surface area (Å²) in [5.74, 6) is -0.00616. The van der Waals surface area contributed by atoms with Crippen LogP contribution in [-0.4, -0.2) is 52.0 Å². The number of amides is 1. The molecule has 0 aromatic carbocycles. The molecule has 1 N–H and O–H groups in total. The predicted octanol–water partition coefficient (Wildman–Crippen LogP) is -0.490. The molecule has 0 radical (unpaired) electrons. The molecule has 2 rings (SSSR count). The van der Waals surface area contributed by atoms with Gasteiger partial charge in [0.25, 0.3) is 5.91 Å². The minimum atomic E-state index is -0.00616. The van der Waals surface area contributed by atoms with Crippen LogP contribution in [0.15, 0.2) is 18.9 Å². The summed E-state index contributed by atoms with van der Waals surface area (Å²) in [5, 5.41) is 10.8. The molecule has 1 aromatic rings. The molecule has 1 saturated heterocycles. The molecule has 1 fully saturated rings. The van der Waals surface area contributed by atoms with Crippen LogP contribution in [0.2, 0.25) is 0 Å². The number of allylic oxidation sites excluding steroid dienone is 1. The van der Waals surface area contributed by atoms with Crippen LogP contribution in [0.3, 0.4) is 0 Å². The number of aromatic nitrogens is 3. The van der Waals surface area contributed by atoms with E-state index >= 15 is 0 Å². The van der Waals surface area contributed by atoms with Crippen molar-refractivity contribution in [2.75, 3.05) is 26.2 Å². The molecule has 0 saturated carbocycles. The number of nitrogens with zero attached hydrogens (tertiary/aromatic N) is 4. The molecule has 1 aliphatic heterocycles. The van der Waals surface area contributed by atoms with Crippen LogP contribution in [0.5, 0.6) is 0 Å². The number of piperazine rings is 1. The van der Waals surface area contributed by atoms with E-state index in [1.165, 1.54) is 6.20 Å². The van der Waals surface area contributed by atoms with Gasteiger partial charge in [-0.05, 0) is 0 Å². The maximum Gasteiger partial charge on any atom is 0.273 e. The predicted molar refractivity (Wildman–Crippen MR) is 59.0 cm³/mol. The van der Waals surface area contributed by atoms with Gasteiger partial charge in [0, 0.05) is 26.2 Å². The molecular formula is C10H15N5O. The highest BCUT2D eigenvalue weighted by Gasteiger charge is 2.21. The van der Waals surface area contributed by atoms with Gasteiger partial charge in [0.2, 0.25) is 0 Å². The SMILES string of the molecule is C=CCn1nncc1C(=O)N1CCNCC1. The quantitative estimate of drug-likeness (QED) is 0.700. The fraction of sp³-hybridized carbons (Fsp3) is 0.500. The second-order valence-electron chi connectivity index (χ2n) is 3.63. The summed E-state index contributed by atoms with van der Waals surface area (Å²) < 4.78 is 1.57. The zero-order valence-corrected chi connectivity index (χ0v) is 9.09. The van der Waals surface area contributed by atoms with Crippen molar-refractivity contribution in [3.63, 3.8) is 0 Å². The van der Waals surface area contributed by atoms with Crippen LogP contribution >= 0.6 is 0 Å². The maximum absolute atomic E-state index is 12.1. The third-order valence-corrected chi connectivity index (χ3v) is 2.54. The van der Waals surface area contributed by atoms with Gasteiger partial charge in [-0.3, -0.25) is 4.79 Å². The average molecular weight is 221 g/mol. The number of rotatable bonds is 3. The molecule has 1 aliphatic rings. The second-order valence-corrected chi connectivity index (χ2v) is 3.63. The Hall–Kier alpha value is -1.69. The summed E-state index contributed by atoms with van der Waals surface area (Å²) in [4.78, 5) is 13.9. The Kier molecular flexibility index (Phi) is 3.31. The Balaban J connectivity index is 2.12. The number of carbonyl (C=O) groups is 1. The Morgan fingerprint density at radius 2 is 2.31 bits per heavy atom. The molecule has 0 unspecified atom stereocenters. The summed E-state index contributed by atoms with van der Waals surface area (Å²) in [6, 6.07) is 0. The van der Waals surface area contributed by atoms with Crippen LogP contribution in [0.25, 0.3) is 0 Å². The highest BCUT2D eigenvalue weighted by molar-refractivity contribution is 5.92. The first-order valence-corrected chi connectivity index (χ1v) is 5.32. The number of carbonyl (C=O) groups excluding carboxylic acids is 1. The molecule has 86 valence electrons. The normalized spacial score (nSPS) is 16.1. The van der Waals surface area contributed by atoms with Gasteiger partial charge in [-0.1, -0.05) is 11.3 Å². The fourth-order valence-corrected chi connectivity index (χ4v) is 1.71. The standard InChI is InChI=1S/C10H15N5O/c1-2-5-15-9(8-12-13-15)10(16)14-6-3-11-4-7-14/h2,8,11H,1,3-7H2. The molecular weight excluding hydrogens is 206 g/mol. The number of hydrogen-bond donors (Lipinski definition) is 1. The van der Waals surface area contributed by atoms with Crippen molar-refractivity contribution in [1.29, 1.82) is 0 Å². The molecule has 0 spiro atoms. The molecule has 0 atom stereocenters. The molecule has 16 heavy (non-hydrogen) atoms. The van der Waals surface area contributed by atoms with Gasteiger partial charge in [0.15, 0.2) is 0 Å². The van der Waals surface area contributed by atoms with Crippen molar-refractivity contribution in [2.45, 2.75) is 6.54 Å². The number of nitrogens with one attached hydrogen (secondary N) is 1. The fourth-order valence-electron chi connectivity index (χ4n) is 1.71. The minimum Gasteiger partial charge on any atom is -0.335 e. The average Bonchev–Trinajstić information content (AvgIpc) is 2.78. The Morgan fingerprint density at radius 1 is 1.56 bits per heavy atom. The molecule has 1 amide bonds. The largest absolute Gasteiger partial charge is 0.335 e. The molecule has 1 aromatic heterocycles. The van der Waals surface area contributed by atoms with Crippen molar-refractivity contribution in [2.24, 2.45) is 0 Å². The third-order valence-electron chi connectivity index (χ3n) is 2.54. The maximum atomic E-state index is 12.1. The van der Waals surface area contributed by atoms with E-state index in [4.69, 9.17) is 0 Å². The van der Waals surface area contributed by atoms with E-state index < -0.39 is 0 Å². The van der Waals surface area contributed by atoms with E-state index in [-0.39, 0.29) is 5.91 Å². The van der Waals surface area contributed by atoms with E-state index in [2.05, 4.69) is 22.2 Å². The van der Waals surface area contributed by atoms with E-state index in [1.807, 2.05) is 4.90 Å². The first-order valence-electron chi connectivity index (χ1n) is 5.32. The van der Waals surface area contributed by atoms with Crippen molar-refractivity contribution in [3.8, 4) is 0 Å². The smallest absolute Gasteiger partial charge is 0.273 e. The van der Waals surface area contributed by atoms with E-state index in [9.17, 15) is 4.79 Å². The molecule has 0 aliphatic carbocycles. The lowest BCUT2D eigenvalue weighted by atomic mass is 10.3. The lowest BCUT2D eigenvalue weighted by Gasteiger charge is -2.27. The summed E-state index contributed by atoms with van der Waals surface area (Å²) in [6.45, 7) is 7.28. The van der Waals surface area contributed by atoms with Gasteiger partial charge in [-0.25, -0.2) is 4.68 Å². The summed E-state index contributed by atoms with van der Waals surface area (Å²) in [7, 11) is 0. The van der Waals surface area contributed by atoms with Gasteiger partial charge in [0.1, 0.15) is 5.69 Å². The summed E-state index contributed by atoms with van der Waals surface area (Å²) in [5.41, 5.74) is 0.529. The van der Waals surface area contributed by atoms with E-state index in [0.29, 0.717) is 12.2 Å². The Labute approximate surface area is 93.9 Å². The Morgan fingerprint density at radius 3 is 3.00 bits per heavy atom. The van der Waals surface area contributed by atoms with Gasteiger partial charge in [-0.15, -0.1) is 11.7 Å². The second kappa shape index (κ2) is 4.89. The van der Waals surface area contributed by atoms with Gasteiger partial charge in [0.05, 0.1) is 12.7 Å². The molecule has 6 nitrogen and oxygen atoms in total. The van der Waals surface area contributed by atoms with Crippen LogP contribution in [0.4, 0.5) is 0 Å². The Bertz CT molecular complexity index is 380. The van der Waals surface area contributed by atoms with Crippen molar-refractivity contribution in [3.05, 3.63) is 24.5 Å². The van der Waals surface area contributed by atoms with Crippen molar-refractivity contribution >= 4 is 5.91 Å². The monoisotopic (exact) mass is 221 g/mol. The van der Waals surface area contributed by atoms with Crippen molar-refractivity contribution in [1.82, 2.24) is 25.2 Å². The lowest BCUT2D eigenvalue weighted by molar-refractivity contribution is 0.0724. The van der Waals surface area contributed by atoms with Crippen molar-refractivity contribution < 1.29 is 4.79 Å². The minimum absolute atomic E-state index is 0.00616.